The zero-order valence-electron chi connectivity index (χ0n) is 27.2. The van der Waals surface area contributed by atoms with Crippen molar-refractivity contribution in [2.45, 2.75) is 114 Å². The molecule has 0 spiro atoms. The molecule has 3 saturated carbocycles. The molecular formula is C34H47ClFN3O4Si. The average Bonchev–Trinajstić information content (AvgIpc) is 3.52. The number of hydrogen-bond acceptors (Lipinski definition) is 5. The fraction of sp³-hybridized carbons (Fsp3) is 0.647. The average molecular weight is 644 g/mol. The fourth-order valence-corrected chi connectivity index (χ4v) is 8.78. The Kier molecular flexibility index (Phi) is 8.46. The molecule has 1 amide bonds. The molecular weight excluding hydrogens is 597 g/mol. The van der Waals surface area contributed by atoms with Gasteiger partial charge in [-0.15, -0.1) is 0 Å². The normalized spacial score (nSPS) is 30.4. The van der Waals surface area contributed by atoms with E-state index >= 15 is 0 Å². The molecule has 2 unspecified atom stereocenters. The van der Waals surface area contributed by atoms with Gasteiger partial charge in [-0.25, -0.2) is 9.37 Å². The summed E-state index contributed by atoms with van der Waals surface area (Å²) in [7, 11) is -0.353. The van der Waals surface area contributed by atoms with Crippen LogP contribution in [0.5, 0.6) is 0 Å². The standard InChI is InChI=1S/C34H47ClFN3O4Si/c1-31(2,3)44(7,8)43-34(18-24(19-34)32(4,5)41)12-11-33(42)16-22-13-21(14-23(22)17-33)28-29(39(6)20-37-28)30(40)38-25-9-10-27(36)26(35)15-25/h9-10,15,20-24,41-42H,13-14,16-19H2,1-8H3,(H,38,40). The number of benzene rings is 1. The lowest BCUT2D eigenvalue weighted by Gasteiger charge is -2.53. The Labute approximate surface area is 267 Å². The third kappa shape index (κ3) is 6.52. The lowest BCUT2D eigenvalue weighted by molar-refractivity contribution is -0.102. The van der Waals surface area contributed by atoms with E-state index in [2.05, 4.69) is 56.0 Å². The Hall–Kier alpha value is -2.22. The number of nitrogens with zero attached hydrogens (tertiary/aromatic N) is 2. The SMILES string of the molecule is Cn1cnc(C2CC3CC(O)(C#CC4(O[Si](C)(C)C(C)(C)C)CC(C(C)(C)O)C4)CC3C2)c1C(=O)Nc1ccc(F)c(Cl)c1. The molecule has 5 rings (SSSR count). The third-order valence-corrected chi connectivity index (χ3v) is 15.5. The molecule has 2 aromatic rings. The van der Waals surface area contributed by atoms with Crippen LogP contribution < -0.4 is 5.32 Å². The molecule has 2 atom stereocenters. The van der Waals surface area contributed by atoms with E-state index in [1.54, 1.807) is 17.9 Å². The number of halogens is 2. The fourth-order valence-electron chi connectivity index (χ4n) is 7.09. The van der Waals surface area contributed by atoms with Gasteiger partial charge in [0.05, 0.1) is 22.6 Å². The van der Waals surface area contributed by atoms with Gasteiger partial charge in [0.25, 0.3) is 5.91 Å². The molecule has 10 heteroatoms. The Morgan fingerprint density at radius 3 is 2.30 bits per heavy atom. The summed E-state index contributed by atoms with van der Waals surface area (Å²) < 4.78 is 22.2. The van der Waals surface area contributed by atoms with E-state index in [0.717, 1.165) is 18.5 Å². The summed E-state index contributed by atoms with van der Waals surface area (Å²) in [5, 5.41) is 25.1. The quantitative estimate of drug-likeness (QED) is 0.232. The smallest absolute Gasteiger partial charge is 0.274 e. The monoisotopic (exact) mass is 643 g/mol. The Bertz CT molecular complexity index is 1480. The van der Waals surface area contributed by atoms with Crippen LogP contribution in [0.25, 0.3) is 0 Å². The maximum Gasteiger partial charge on any atom is 0.274 e. The zero-order chi connectivity index (χ0) is 32.5. The molecule has 1 heterocycles. The van der Waals surface area contributed by atoms with Gasteiger partial charge in [0.1, 0.15) is 22.7 Å². The number of hydrogen-bond donors (Lipinski definition) is 3. The van der Waals surface area contributed by atoms with E-state index in [-0.39, 0.29) is 39.6 Å². The summed E-state index contributed by atoms with van der Waals surface area (Å²) >= 11 is 5.91. The topological polar surface area (TPSA) is 96.6 Å². The van der Waals surface area contributed by atoms with Crippen molar-refractivity contribution in [2.75, 3.05) is 5.32 Å². The lowest BCUT2D eigenvalue weighted by Crippen LogP contribution is -2.58. The molecule has 3 aliphatic carbocycles. The highest BCUT2D eigenvalue weighted by molar-refractivity contribution is 6.74. The third-order valence-electron chi connectivity index (χ3n) is 10.7. The second kappa shape index (κ2) is 11.2. The number of carbonyl (C=O) groups excluding carboxylic acids is 1. The maximum atomic E-state index is 13.6. The van der Waals surface area contributed by atoms with E-state index in [4.69, 9.17) is 16.0 Å². The second-order valence-corrected chi connectivity index (χ2v) is 20.8. The summed E-state index contributed by atoms with van der Waals surface area (Å²) in [6.45, 7) is 14.8. The van der Waals surface area contributed by atoms with Crippen molar-refractivity contribution in [3.8, 4) is 11.8 Å². The lowest BCUT2D eigenvalue weighted by atomic mass is 9.64. The molecule has 0 aliphatic heterocycles. The Balaban J connectivity index is 1.29. The summed E-state index contributed by atoms with van der Waals surface area (Å²) in [5.41, 5.74) is -0.898. The van der Waals surface area contributed by atoms with Gasteiger partial charge >= 0.3 is 0 Å². The minimum Gasteiger partial charge on any atom is -0.401 e. The van der Waals surface area contributed by atoms with E-state index in [1.807, 2.05) is 13.8 Å². The molecule has 1 aromatic heterocycles. The van der Waals surface area contributed by atoms with Gasteiger partial charge in [-0.1, -0.05) is 44.2 Å². The van der Waals surface area contributed by atoms with Gasteiger partial charge in [0.2, 0.25) is 0 Å². The number of aryl methyl sites for hydroxylation is 1. The molecule has 0 radical (unpaired) electrons. The Morgan fingerprint density at radius 1 is 1.14 bits per heavy atom. The van der Waals surface area contributed by atoms with E-state index in [1.165, 1.54) is 18.2 Å². The molecule has 1 aromatic carbocycles. The number of amides is 1. The summed E-state index contributed by atoms with van der Waals surface area (Å²) in [4.78, 5) is 17.9. The van der Waals surface area contributed by atoms with E-state index in [0.29, 0.717) is 37.1 Å². The molecule has 0 saturated heterocycles. The summed E-state index contributed by atoms with van der Waals surface area (Å²) in [6, 6.07) is 4.10. The highest BCUT2D eigenvalue weighted by Crippen LogP contribution is 2.55. The number of carbonyl (C=O) groups is 1. The van der Waals surface area contributed by atoms with Crippen LogP contribution in [0.15, 0.2) is 24.5 Å². The van der Waals surface area contributed by atoms with Gasteiger partial charge in [0, 0.05) is 18.7 Å². The van der Waals surface area contributed by atoms with Crippen LogP contribution in [0.4, 0.5) is 10.1 Å². The maximum absolute atomic E-state index is 13.6. The molecule has 3 fully saturated rings. The molecule has 0 bridgehead atoms. The first-order chi connectivity index (χ1) is 20.2. The van der Waals surface area contributed by atoms with Gasteiger partial charge in [-0.3, -0.25) is 4.79 Å². The Morgan fingerprint density at radius 2 is 1.75 bits per heavy atom. The number of fused-ring (bicyclic) bond motifs is 1. The number of aromatic nitrogens is 2. The van der Waals surface area contributed by atoms with Crippen molar-refractivity contribution in [3.63, 3.8) is 0 Å². The van der Waals surface area contributed by atoms with Crippen molar-refractivity contribution < 1.29 is 23.8 Å². The number of imidazole rings is 1. The first-order valence-electron chi connectivity index (χ1n) is 15.7. The number of anilines is 1. The molecule has 3 N–H and O–H groups in total. The first kappa shape index (κ1) is 33.1. The molecule has 7 nitrogen and oxygen atoms in total. The van der Waals surface area contributed by atoms with Crippen LogP contribution in [0.2, 0.25) is 23.2 Å². The van der Waals surface area contributed by atoms with Crippen LogP contribution in [0.3, 0.4) is 0 Å². The summed E-state index contributed by atoms with van der Waals surface area (Å²) in [6.07, 6.45) is 5.77. The first-order valence-corrected chi connectivity index (χ1v) is 19.0. The number of aliphatic hydroxyl groups is 2. The summed E-state index contributed by atoms with van der Waals surface area (Å²) in [5.74, 6) is 6.61. The van der Waals surface area contributed by atoms with Crippen molar-refractivity contribution in [1.29, 1.82) is 0 Å². The van der Waals surface area contributed by atoms with Crippen molar-refractivity contribution in [3.05, 3.63) is 46.8 Å². The van der Waals surface area contributed by atoms with Crippen molar-refractivity contribution in [2.24, 2.45) is 24.8 Å². The minimum atomic E-state index is -2.14. The van der Waals surface area contributed by atoms with Gasteiger partial charge in [-0.2, -0.15) is 0 Å². The predicted molar refractivity (Wildman–Crippen MR) is 174 cm³/mol. The van der Waals surface area contributed by atoms with Gasteiger partial charge < -0.3 is 24.5 Å². The highest BCUT2D eigenvalue weighted by Gasteiger charge is 2.55. The second-order valence-electron chi connectivity index (χ2n) is 15.7. The molecule has 44 heavy (non-hydrogen) atoms. The molecule has 240 valence electrons. The number of rotatable bonds is 6. The van der Waals surface area contributed by atoms with Crippen LogP contribution >= 0.6 is 11.6 Å². The van der Waals surface area contributed by atoms with Crippen LogP contribution in [-0.4, -0.2) is 50.8 Å². The van der Waals surface area contributed by atoms with E-state index in [9.17, 15) is 19.4 Å². The van der Waals surface area contributed by atoms with E-state index < -0.39 is 30.9 Å². The van der Waals surface area contributed by atoms with Crippen LogP contribution in [0, 0.1) is 35.4 Å². The predicted octanol–water partition coefficient (Wildman–Crippen LogP) is 7.04. The zero-order valence-corrected chi connectivity index (χ0v) is 29.0. The van der Waals surface area contributed by atoms with Crippen LogP contribution in [0.1, 0.15) is 95.2 Å². The molecule has 3 aliphatic rings. The number of nitrogens with one attached hydrogen (secondary N) is 1. The van der Waals surface area contributed by atoms with Gasteiger partial charge in [0.15, 0.2) is 8.32 Å². The van der Waals surface area contributed by atoms with Crippen molar-refractivity contribution >= 4 is 31.5 Å². The highest BCUT2D eigenvalue weighted by atomic mass is 35.5. The largest absolute Gasteiger partial charge is 0.401 e. The van der Waals surface area contributed by atoms with Crippen LogP contribution in [-0.2, 0) is 11.5 Å². The minimum absolute atomic E-state index is 0.0189. The van der Waals surface area contributed by atoms with Crippen molar-refractivity contribution in [1.82, 2.24) is 9.55 Å². The van der Waals surface area contributed by atoms with Gasteiger partial charge in [-0.05, 0) is 106 Å².